The van der Waals surface area contributed by atoms with E-state index in [1.807, 2.05) is 32.0 Å². The van der Waals surface area contributed by atoms with Crippen LogP contribution < -0.4 is 18.9 Å². The first kappa shape index (κ1) is 65.7. The predicted molar refractivity (Wildman–Crippen MR) is 288 cm³/mol. The van der Waals surface area contributed by atoms with Crippen LogP contribution in [0.4, 0.5) is 0 Å². The fraction of sp³-hybridized carbons (Fsp3) is 0.644. The van der Waals surface area contributed by atoms with Gasteiger partial charge in [-0.2, -0.15) is 0 Å². The fourth-order valence-electron chi connectivity index (χ4n) is 6.75. The second kappa shape index (κ2) is 46.4. The van der Waals surface area contributed by atoms with Crippen LogP contribution >= 0.6 is 0 Å². The number of carbonyl (C=O) groups excluding carboxylic acids is 1. The lowest BCUT2D eigenvalue weighted by atomic mass is 10.1. The van der Waals surface area contributed by atoms with Crippen LogP contribution in [0, 0.1) is 27.7 Å². The zero-order valence-electron chi connectivity index (χ0n) is 45.0. The molecule has 0 aliphatic carbocycles. The van der Waals surface area contributed by atoms with Gasteiger partial charge in [0, 0.05) is 6.42 Å². The number of unbranched alkanes of at least 4 members (excludes halogenated alkanes) is 16. The number of ether oxygens (including phenoxy) is 5. The molecule has 390 valence electrons. The molecule has 3 N–H and O–H groups in total. The minimum atomic E-state index is -0.0940. The number of aromatic hydroxyl groups is 2. The van der Waals surface area contributed by atoms with Gasteiger partial charge in [-0.1, -0.05) is 144 Å². The number of aryl methyl sites for hydroxylation is 5. The van der Waals surface area contributed by atoms with Gasteiger partial charge in [0.15, 0.2) is 0 Å². The first-order valence-electron chi connectivity index (χ1n) is 26.4. The van der Waals surface area contributed by atoms with Gasteiger partial charge < -0.3 is 39.0 Å². The molecule has 3 aromatic carbocycles. The second-order valence-electron chi connectivity index (χ2n) is 17.3. The number of carbonyl (C=O) groups is 1. The first-order valence-corrected chi connectivity index (χ1v) is 26.4. The maximum atomic E-state index is 10.5. The van der Waals surface area contributed by atoms with Crippen LogP contribution in [-0.2, 0) is 16.0 Å². The molecule has 0 fully saturated rings. The monoisotopic (exact) mass is 953 g/mol. The Balaban J connectivity index is 0. The van der Waals surface area contributed by atoms with E-state index in [1.54, 1.807) is 26.0 Å². The fourth-order valence-corrected chi connectivity index (χ4v) is 6.75. The van der Waals surface area contributed by atoms with E-state index < -0.39 is 0 Å². The van der Waals surface area contributed by atoms with Gasteiger partial charge in [0.2, 0.25) is 0 Å². The van der Waals surface area contributed by atoms with Crippen LogP contribution in [0.1, 0.15) is 204 Å². The van der Waals surface area contributed by atoms with Crippen molar-refractivity contribution in [2.75, 3.05) is 39.6 Å². The van der Waals surface area contributed by atoms with Crippen molar-refractivity contribution >= 4 is 5.97 Å². The number of hydrogen-bond donors (Lipinski definition) is 3. The van der Waals surface area contributed by atoms with Gasteiger partial charge in [0.05, 0.1) is 33.0 Å². The molecule has 0 heterocycles. The highest BCUT2D eigenvalue weighted by Gasteiger charge is 2.08. The maximum absolute atomic E-state index is 10.5. The number of phenols is 2. The molecule has 0 saturated carbocycles. The number of phenolic OH excluding ortho intramolecular Hbond substituents is 2. The molecule has 3 rings (SSSR count). The van der Waals surface area contributed by atoms with E-state index in [9.17, 15) is 15.0 Å². The summed E-state index contributed by atoms with van der Waals surface area (Å²) in [6, 6.07) is 13.2. The Hall–Kier alpha value is -4.37. The Labute approximate surface area is 416 Å². The molecule has 9 nitrogen and oxygen atoms in total. The standard InChI is InChI=1S/C24H42O2.C17H28O3.C9H12O2.C7H14O2.C2H4/c1-5-7-9-11-13-15-17-25-23-19-22(4)24(20-21(23)3)26-18-16-14-12-10-8-6-2;1-3-4-5-6-7-8-12-20-17-10-9-16(14-15(17)2)19-13-11-18;1-3-7-5-8(10)6(2)4-9(7)11;1-3-5-6-9-7(8)4-2;1-2/h19-20H,5-18H2,1-4H3;9-10,14,18H,3-8,11-13H2,1-2H3;4-5,10-11H,3H2,1-2H3;3-6H2,1-2H3;1-2H2. The summed E-state index contributed by atoms with van der Waals surface area (Å²) in [6.07, 6.45) is 26.5. The highest BCUT2D eigenvalue weighted by molar-refractivity contribution is 5.68. The van der Waals surface area contributed by atoms with Crippen LogP contribution in [0.3, 0.4) is 0 Å². The molecular formula is C59H100O9. The van der Waals surface area contributed by atoms with Crippen molar-refractivity contribution in [2.45, 2.75) is 210 Å². The summed E-state index contributed by atoms with van der Waals surface area (Å²) in [6.45, 7) is 30.0. The normalized spacial score (nSPS) is 10.2. The number of esters is 1. The van der Waals surface area contributed by atoms with Gasteiger partial charge in [-0.3, -0.25) is 4.79 Å². The molecule has 0 radical (unpaired) electrons. The molecule has 3 aromatic rings. The number of hydrogen-bond acceptors (Lipinski definition) is 9. The summed E-state index contributed by atoms with van der Waals surface area (Å²) in [5.41, 5.74) is 4.93. The largest absolute Gasteiger partial charge is 0.508 e. The first-order chi connectivity index (χ1) is 32.9. The van der Waals surface area contributed by atoms with Crippen LogP contribution in [0.2, 0.25) is 0 Å². The zero-order valence-corrected chi connectivity index (χ0v) is 45.0. The molecule has 0 bridgehead atoms. The van der Waals surface area contributed by atoms with Gasteiger partial charge in [0.1, 0.15) is 41.1 Å². The third-order valence-corrected chi connectivity index (χ3v) is 11.1. The molecule has 0 unspecified atom stereocenters. The average molecular weight is 953 g/mol. The van der Waals surface area contributed by atoms with E-state index in [0.29, 0.717) is 25.2 Å². The third kappa shape index (κ3) is 34.8. The molecular weight excluding hydrogens is 853 g/mol. The molecule has 0 aromatic heterocycles. The van der Waals surface area contributed by atoms with Crippen molar-refractivity contribution in [3.63, 3.8) is 0 Å². The van der Waals surface area contributed by atoms with Gasteiger partial charge in [-0.25, -0.2) is 0 Å². The van der Waals surface area contributed by atoms with E-state index >= 15 is 0 Å². The highest BCUT2D eigenvalue weighted by atomic mass is 16.5. The second-order valence-corrected chi connectivity index (χ2v) is 17.3. The molecule has 9 heteroatoms. The van der Waals surface area contributed by atoms with Gasteiger partial charge in [0.25, 0.3) is 0 Å². The van der Waals surface area contributed by atoms with Crippen LogP contribution in [0.5, 0.6) is 34.5 Å². The molecule has 0 amide bonds. The lowest BCUT2D eigenvalue weighted by Crippen LogP contribution is -2.03. The summed E-state index contributed by atoms with van der Waals surface area (Å²) < 4.78 is 28.0. The van der Waals surface area contributed by atoms with Gasteiger partial charge in [-0.05, 0) is 130 Å². The number of aliphatic hydroxyl groups is 1. The smallest absolute Gasteiger partial charge is 0.305 e. The Bertz CT molecular complexity index is 1600. The Morgan fingerprint density at radius 2 is 0.882 bits per heavy atom. The van der Waals surface area contributed by atoms with Crippen molar-refractivity contribution in [2.24, 2.45) is 0 Å². The summed E-state index contributed by atoms with van der Waals surface area (Å²) in [7, 11) is 0. The third-order valence-electron chi connectivity index (χ3n) is 11.1. The van der Waals surface area contributed by atoms with Gasteiger partial charge in [-0.15, -0.1) is 13.2 Å². The van der Waals surface area contributed by atoms with Gasteiger partial charge >= 0.3 is 5.97 Å². The van der Waals surface area contributed by atoms with E-state index in [2.05, 4.69) is 66.8 Å². The van der Waals surface area contributed by atoms with Crippen molar-refractivity contribution in [1.82, 2.24) is 0 Å². The van der Waals surface area contributed by atoms with E-state index in [4.69, 9.17) is 28.8 Å². The summed E-state index contributed by atoms with van der Waals surface area (Å²) >= 11 is 0. The summed E-state index contributed by atoms with van der Waals surface area (Å²) in [4.78, 5) is 10.5. The van der Waals surface area contributed by atoms with Crippen molar-refractivity contribution < 1.29 is 43.8 Å². The number of benzene rings is 3. The van der Waals surface area contributed by atoms with Crippen molar-refractivity contribution in [3.8, 4) is 34.5 Å². The number of rotatable bonds is 32. The SMILES string of the molecule is C=C.CCCCCCCCOc1cc(C)c(OCCCCCCCC)cc1C.CCCCCCCCOc1ccc(OCCO)cc1C.CCCCOC(=O)CC.CCc1cc(O)c(C)cc1O. The Morgan fingerprint density at radius 1 is 0.456 bits per heavy atom. The highest BCUT2D eigenvalue weighted by Crippen LogP contribution is 2.29. The minimum Gasteiger partial charge on any atom is -0.508 e. The van der Waals surface area contributed by atoms with Crippen LogP contribution in [0.25, 0.3) is 0 Å². The average Bonchev–Trinajstić information content (AvgIpc) is 3.34. The predicted octanol–water partition coefficient (Wildman–Crippen LogP) is 16.4. The minimum absolute atomic E-state index is 0.0370. The topological polar surface area (TPSA) is 124 Å². The molecule has 0 saturated heterocycles. The lowest BCUT2D eigenvalue weighted by molar-refractivity contribution is -0.143. The van der Waals surface area contributed by atoms with E-state index in [0.717, 1.165) is 92.5 Å². The van der Waals surface area contributed by atoms with Crippen molar-refractivity contribution in [3.05, 3.63) is 83.4 Å². The molecule has 68 heavy (non-hydrogen) atoms. The molecule has 0 aliphatic rings. The van der Waals surface area contributed by atoms with E-state index in [-0.39, 0.29) is 24.1 Å². The Morgan fingerprint density at radius 3 is 1.29 bits per heavy atom. The Kier molecular flexibility index (Phi) is 44.8. The van der Waals surface area contributed by atoms with Crippen LogP contribution in [-0.4, -0.2) is 60.9 Å². The quantitative estimate of drug-likeness (QED) is 0.0243. The lowest BCUT2D eigenvalue weighted by Gasteiger charge is -2.14. The van der Waals surface area contributed by atoms with Crippen molar-refractivity contribution in [1.29, 1.82) is 0 Å². The molecule has 0 spiro atoms. The van der Waals surface area contributed by atoms with E-state index in [1.165, 1.54) is 107 Å². The molecule has 0 atom stereocenters. The molecule has 0 aliphatic heterocycles. The van der Waals surface area contributed by atoms with Crippen LogP contribution in [0.15, 0.2) is 55.6 Å². The summed E-state index contributed by atoms with van der Waals surface area (Å²) in [5.74, 6) is 4.16. The summed E-state index contributed by atoms with van der Waals surface area (Å²) in [5, 5.41) is 27.3. The number of aliphatic hydroxyl groups excluding tert-OH is 1. The zero-order chi connectivity index (χ0) is 51.2. The maximum Gasteiger partial charge on any atom is 0.305 e.